The summed E-state index contributed by atoms with van der Waals surface area (Å²) in [6.07, 6.45) is 1.63. The SMILES string of the molecule is COc1c(C(=O)O)cccc1[C@H]1C[C@H](CNCCc2cccc3ccccc23)Oc2ccccc21. The lowest BCUT2D eigenvalue weighted by Gasteiger charge is -2.33. The summed E-state index contributed by atoms with van der Waals surface area (Å²) < 4.78 is 11.9. The van der Waals surface area contributed by atoms with Crippen molar-refractivity contribution in [3.63, 3.8) is 0 Å². The minimum Gasteiger partial charge on any atom is -0.496 e. The van der Waals surface area contributed by atoms with Crippen LogP contribution < -0.4 is 14.8 Å². The van der Waals surface area contributed by atoms with Gasteiger partial charge in [0.2, 0.25) is 0 Å². The van der Waals surface area contributed by atoms with Crippen LogP contribution in [0.25, 0.3) is 10.8 Å². The fourth-order valence-electron chi connectivity index (χ4n) is 5.13. The average Bonchev–Trinajstić information content (AvgIpc) is 2.90. The first-order valence-electron chi connectivity index (χ1n) is 12.0. The Morgan fingerprint density at radius 3 is 2.57 bits per heavy atom. The molecule has 0 aliphatic carbocycles. The van der Waals surface area contributed by atoms with E-state index in [2.05, 4.69) is 53.8 Å². The third-order valence-corrected chi connectivity index (χ3v) is 6.77. The average molecular weight is 468 g/mol. The largest absolute Gasteiger partial charge is 0.496 e. The second kappa shape index (κ2) is 10.2. The van der Waals surface area contributed by atoms with Crippen molar-refractivity contribution in [2.75, 3.05) is 20.2 Å². The van der Waals surface area contributed by atoms with Gasteiger partial charge in [0, 0.05) is 23.6 Å². The number of aromatic carboxylic acids is 1. The van der Waals surface area contributed by atoms with E-state index in [9.17, 15) is 9.90 Å². The molecule has 2 atom stereocenters. The van der Waals surface area contributed by atoms with Crippen molar-refractivity contribution in [2.24, 2.45) is 0 Å². The molecule has 2 N–H and O–H groups in total. The smallest absolute Gasteiger partial charge is 0.339 e. The Labute approximate surface area is 205 Å². The maximum Gasteiger partial charge on any atom is 0.339 e. The second-order valence-electron chi connectivity index (χ2n) is 8.89. The fourth-order valence-corrected chi connectivity index (χ4v) is 5.13. The van der Waals surface area contributed by atoms with Crippen molar-refractivity contribution in [2.45, 2.75) is 24.9 Å². The van der Waals surface area contributed by atoms with E-state index in [1.54, 1.807) is 12.1 Å². The number of para-hydroxylation sites is 2. The number of ether oxygens (including phenoxy) is 2. The molecule has 35 heavy (non-hydrogen) atoms. The molecule has 5 nitrogen and oxygen atoms in total. The van der Waals surface area contributed by atoms with E-state index >= 15 is 0 Å². The molecule has 4 aromatic rings. The highest BCUT2D eigenvalue weighted by Gasteiger charge is 2.32. The van der Waals surface area contributed by atoms with Crippen LogP contribution in [-0.4, -0.2) is 37.4 Å². The van der Waals surface area contributed by atoms with Crippen LogP contribution in [0.2, 0.25) is 0 Å². The first-order valence-corrected chi connectivity index (χ1v) is 12.0. The molecule has 0 saturated carbocycles. The Balaban J connectivity index is 1.32. The molecular weight excluding hydrogens is 438 g/mol. The van der Waals surface area contributed by atoms with Crippen LogP contribution in [0, 0.1) is 0 Å². The predicted molar refractivity (Wildman–Crippen MR) is 138 cm³/mol. The minimum atomic E-state index is -0.990. The van der Waals surface area contributed by atoms with Crippen molar-refractivity contribution in [1.29, 1.82) is 0 Å². The van der Waals surface area contributed by atoms with Crippen LogP contribution in [0.3, 0.4) is 0 Å². The fraction of sp³-hybridized carbons (Fsp3) is 0.233. The number of hydrogen-bond donors (Lipinski definition) is 2. The number of carboxylic acids is 1. The zero-order valence-electron chi connectivity index (χ0n) is 19.7. The highest BCUT2D eigenvalue weighted by atomic mass is 16.5. The monoisotopic (exact) mass is 467 g/mol. The van der Waals surface area contributed by atoms with Crippen molar-refractivity contribution in [3.8, 4) is 11.5 Å². The van der Waals surface area contributed by atoms with Crippen LogP contribution in [0.5, 0.6) is 11.5 Å². The topological polar surface area (TPSA) is 67.8 Å². The summed E-state index contributed by atoms with van der Waals surface area (Å²) in [4.78, 5) is 11.8. The summed E-state index contributed by atoms with van der Waals surface area (Å²) in [5.41, 5.74) is 3.45. The van der Waals surface area contributed by atoms with Crippen molar-refractivity contribution in [3.05, 3.63) is 107 Å². The summed E-state index contributed by atoms with van der Waals surface area (Å²) in [7, 11) is 1.53. The lowest BCUT2D eigenvalue weighted by Crippen LogP contribution is -2.36. The summed E-state index contributed by atoms with van der Waals surface area (Å²) in [6.45, 7) is 1.55. The summed E-state index contributed by atoms with van der Waals surface area (Å²) in [5, 5.41) is 15.8. The highest BCUT2D eigenvalue weighted by molar-refractivity contribution is 5.91. The molecule has 5 rings (SSSR count). The molecule has 4 aromatic carbocycles. The van der Waals surface area contributed by atoms with Crippen molar-refractivity contribution >= 4 is 16.7 Å². The highest BCUT2D eigenvalue weighted by Crippen LogP contribution is 2.44. The number of rotatable bonds is 8. The van der Waals surface area contributed by atoms with Gasteiger partial charge in [-0.3, -0.25) is 0 Å². The lowest BCUT2D eigenvalue weighted by atomic mass is 9.83. The first-order chi connectivity index (χ1) is 17.2. The molecule has 0 unspecified atom stereocenters. The quantitative estimate of drug-likeness (QED) is 0.327. The number of methoxy groups -OCH3 is 1. The molecule has 1 aliphatic rings. The van der Waals surface area contributed by atoms with Gasteiger partial charge in [0.15, 0.2) is 0 Å². The molecular formula is C30H29NO4. The van der Waals surface area contributed by atoms with Crippen LogP contribution in [0.4, 0.5) is 0 Å². The Bertz CT molecular complexity index is 1340. The van der Waals surface area contributed by atoms with E-state index in [1.807, 2.05) is 24.3 Å². The molecule has 0 bridgehead atoms. The van der Waals surface area contributed by atoms with Gasteiger partial charge >= 0.3 is 5.97 Å². The predicted octanol–water partition coefficient (Wildman–Crippen LogP) is 5.66. The van der Waals surface area contributed by atoms with Crippen LogP contribution in [-0.2, 0) is 6.42 Å². The molecule has 0 saturated heterocycles. The van der Waals surface area contributed by atoms with Crippen LogP contribution in [0.15, 0.2) is 84.9 Å². The van der Waals surface area contributed by atoms with Crippen molar-refractivity contribution in [1.82, 2.24) is 5.32 Å². The maximum absolute atomic E-state index is 11.8. The number of benzene rings is 4. The van der Waals surface area contributed by atoms with Crippen molar-refractivity contribution < 1.29 is 19.4 Å². The van der Waals surface area contributed by atoms with Gasteiger partial charge in [-0.25, -0.2) is 4.79 Å². The van der Waals surface area contributed by atoms with E-state index in [-0.39, 0.29) is 17.6 Å². The second-order valence-corrected chi connectivity index (χ2v) is 8.89. The number of fused-ring (bicyclic) bond motifs is 2. The molecule has 0 fully saturated rings. The van der Waals surface area contributed by atoms with E-state index in [0.717, 1.165) is 36.3 Å². The molecule has 0 radical (unpaired) electrons. The van der Waals surface area contributed by atoms with E-state index in [4.69, 9.17) is 9.47 Å². The molecule has 0 aromatic heterocycles. The normalized spacial score (nSPS) is 16.9. The Morgan fingerprint density at radius 2 is 1.71 bits per heavy atom. The standard InChI is InChI=1S/C30H29NO4/c1-34-29-25(13-7-14-26(29)30(32)33)27-18-22(35-28-15-5-4-12-24(27)28)19-31-17-16-21-10-6-9-20-8-2-3-11-23(20)21/h2-15,22,27,31H,16-19H2,1H3,(H,32,33)/t22-,27+/m1/s1. The van der Waals surface area contributed by atoms with E-state index in [0.29, 0.717) is 12.3 Å². The first kappa shape index (κ1) is 22.9. The number of carboxylic acid groups (broad SMARTS) is 1. The third-order valence-electron chi connectivity index (χ3n) is 6.77. The van der Waals surface area contributed by atoms with Gasteiger partial charge in [-0.05, 0) is 47.9 Å². The van der Waals surface area contributed by atoms with E-state index < -0.39 is 5.97 Å². The molecule has 178 valence electrons. The van der Waals surface area contributed by atoms with E-state index in [1.165, 1.54) is 23.4 Å². The Kier molecular flexibility index (Phi) is 6.68. The maximum atomic E-state index is 11.8. The zero-order valence-corrected chi connectivity index (χ0v) is 19.7. The zero-order chi connectivity index (χ0) is 24.2. The van der Waals surface area contributed by atoms with Crippen LogP contribution >= 0.6 is 0 Å². The van der Waals surface area contributed by atoms with Gasteiger partial charge < -0.3 is 19.9 Å². The van der Waals surface area contributed by atoms with Crippen LogP contribution in [0.1, 0.15) is 39.4 Å². The minimum absolute atomic E-state index is 0.0148. The van der Waals surface area contributed by atoms with Gasteiger partial charge in [-0.1, -0.05) is 72.8 Å². The number of nitrogens with one attached hydrogen (secondary N) is 1. The summed E-state index contributed by atoms with van der Waals surface area (Å²) in [5.74, 6) is 0.256. The van der Waals surface area contributed by atoms with Gasteiger partial charge in [-0.15, -0.1) is 0 Å². The van der Waals surface area contributed by atoms with Gasteiger partial charge in [0.25, 0.3) is 0 Å². The number of hydrogen-bond acceptors (Lipinski definition) is 4. The van der Waals surface area contributed by atoms with Gasteiger partial charge in [0.05, 0.1) is 7.11 Å². The molecule has 1 aliphatic heterocycles. The van der Waals surface area contributed by atoms with Gasteiger partial charge in [-0.2, -0.15) is 0 Å². The molecule has 0 spiro atoms. The lowest BCUT2D eigenvalue weighted by molar-refractivity contribution is 0.0693. The Morgan fingerprint density at radius 1 is 0.971 bits per heavy atom. The summed E-state index contributed by atoms with van der Waals surface area (Å²) in [6, 6.07) is 28.3. The van der Waals surface area contributed by atoms with Gasteiger partial charge in [0.1, 0.15) is 23.2 Å². The Hall–Kier alpha value is -3.83. The molecule has 1 heterocycles. The number of carbonyl (C=O) groups is 1. The molecule has 0 amide bonds. The summed E-state index contributed by atoms with van der Waals surface area (Å²) >= 11 is 0. The molecule has 5 heteroatoms. The third kappa shape index (κ3) is 4.73.